The lowest BCUT2D eigenvalue weighted by atomic mass is 10.1. The van der Waals surface area contributed by atoms with Crippen molar-refractivity contribution >= 4 is 5.97 Å². The molecule has 0 saturated heterocycles. The summed E-state index contributed by atoms with van der Waals surface area (Å²) in [5.74, 6) is 1.39. The minimum atomic E-state index is -0.338. The third-order valence-electron chi connectivity index (χ3n) is 2.86. The van der Waals surface area contributed by atoms with Crippen molar-refractivity contribution in [3.8, 4) is 17.2 Å². The Bertz CT molecular complexity index is 607. The molecule has 2 aromatic carbocycles. The van der Waals surface area contributed by atoms with Crippen LogP contribution in [0.15, 0.2) is 48.5 Å². The molecule has 0 aliphatic rings. The topological polar surface area (TPSA) is 44.8 Å². The van der Waals surface area contributed by atoms with Gasteiger partial charge in [0.2, 0.25) is 0 Å². The van der Waals surface area contributed by atoms with E-state index in [-0.39, 0.29) is 12.4 Å². The average molecular weight is 286 g/mol. The molecule has 110 valence electrons. The Labute approximate surface area is 124 Å². The van der Waals surface area contributed by atoms with Crippen molar-refractivity contribution in [2.75, 3.05) is 13.7 Å². The zero-order valence-electron chi connectivity index (χ0n) is 12.2. The van der Waals surface area contributed by atoms with Gasteiger partial charge in [-0.05, 0) is 36.8 Å². The van der Waals surface area contributed by atoms with Crippen LogP contribution in [0.5, 0.6) is 17.2 Å². The molecule has 4 heteroatoms. The SMILES string of the molecule is CCOc1ccccc1OC(=O)Cc1cccc(OC)c1. The van der Waals surface area contributed by atoms with Gasteiger partial charge in [-0.3, -0.25) is 4.79 Å². The number of para-hydroxylation sites is 2. The number of rotatable bonds is 6. The smallest absolute Gasteiger partial charge is 0.315 e. The maximum atomic E-state index is 12.0. The quantitative estimate of drug-likeness (QED) is 0.604. The van der Waals surface area contributed by atoms with Gasteiger partial charge in [0.25, 0.3) is 0 Å². The van der Waals surface area contributed by atoms with Crippen LogP contribution in [-0.2, 0) is 11.2 Å². The zero-order chi connectivity index (χ0) is 15.1. The van der Waals surface area contributed by atoms with Crippen LogP contribution in [-0.4, -0.2) is 19.7 Å². The largest absolute Gasteiger partial charge is 0.497 e. The van der Waals surface area contributed by atoms with E-state index >= 15 is 0 Å². The number of benzene rings is 2. The van der Waals surface area contributed by atoms with E-state index in [4.69, 9.17) is 14.2 Å². The summed E-state index contributed by atoms with van der Waals surface area (Å²) in [6.07, 6.45) is 0.178. The van der Waals surface area contributed by atoms with Gasteiger partial charge in [-0.15, -0.1) is 0 Å². The van der Waals surface area contributed by atoms with Gasteiger partial charge in [0, 0.05) is 0 Å². The number of methoxy groups -OCH3 is 1. The lowest BCUT2D eigenvalue weighted by molar-refractivity contribution is -0.133. The summed E-state index contributed by atoms with van der Waals surface area (Å²) in [5, 5.41) is 0. The van der Waals surface area contributed by atoms with Crippen molar-refractivity contribution in [1.29, 1.82) is 0 Å². The van der Waals surface area contributed by atoms with Gasteiger partial charge < -0.3 is 14.2 Å². The summed E-state index contributed by atoms with van der Waals surface area (Å²) >= 11 is 0. The zero-order valence-corrected chi connectivity index (χ0v) is 12.2. The van der Waals surface area contributed by atoms with Gasteiger partial charge >= 0.3 is 5.97 Å². The second-order valence-electron chi connectivity index (χ2n) is 4.38. The Kier molecular flexibility index (Phi) is 5.21. The van der Waals surface area contributed by atoms with Crippen molar-refractivity contribution in [3.63, 3.8) is 0 Å². The predicted molar refractivity (Wildman–Crippen MR) is 79.9 cm³/mol. The Balaban J connectivity index is 2.04. The normalized spacial score (nSPS) is 10.0. The fraction of sp³-hybridized carbons (Fsp3) is 0.235. The van der Waals surface area contributed by atoms with Crippen LogP contribution in [0.4, 0.5) is 0 Å². The van der Waals surface area contributed by atoms with E-state index in [1.807, 2.05) is 37.3 Å². The van der Waals surface area contributed by atoms with Gasteiger partial charge in [0.05, 0.1) is 20.1 Å². The minimum Gasteiger partial charge on any atom is -0.497 e. The molecule has 0 radical (unpaired) electrons. The first-order chi connectivity index (χ1) is 10.2. The van der Waals surface area contributed by atoms with E-state index in [0.717, 1.165) is 11.3 Å². The molecule has 0 aliphatic heterocycles. The Morgan fingerprint density at radius 3 is 2.52 bits per heavy atom. The Morgan fingerprint density at radius 1 is 1.05 bits per heavy atom. The van der Waals surface area contributed by atoms with Crippen molar-refractivity contribution in [3.05, 3.63) is 54.1 Å². The molecule has 0 saturated carbocycles. The van der Waals surface area contributed by atoms with Crippen molar-refractivity contribution in [2.24, 2.45) is 0 Å². The molecule has 0 spiro atoms. The number of hydrogen-bond donors (Lipinski definition) is 0. The predicted octanol–water partition coefficient (Wildman–Crippen LogP) is 3.24. The highest BCUT2D eigenvalue weighted by atomic mass is 16.6. The molecule has 2 rings (SSSR count). The van der Waals surface area contributed by atoms with E-state index in [2.05, 4.69) is 0 Å². The van der Waals surface area contributed by atoms with Gasteiger partial charge in [0.1, 0.15) is 5.75 Å². The van der Waals surface area contributed by atoms with Crippen LogP contribution in [0.25, 0.3) is 0 Å². The summed E-state index contributed by atoms with van der Waals surface area (Å²) in [4.78, 5) is 12.0. The van der Waals surface area contributed by atoms with Crippen LogP contribution >= 0.6 is 0 Å². The molecule has 2 aromatic rings. The second kappa shape index (κ2) is 7.33. The molecule has 0 bridgehead atoms. The highest BCUT2D eigenvalue weighted by Crippen LogP contribution is 2.26. The van der Waals surface area contributed by atoms with Gasteiger partial charge in [-0.1, -0.05) is 24.3 Å². The van der Waals surface area contributed by atoms with E-state index in [9.17, 15) is 4.79 Å². The van der Waals surface area contributed by atoms with Crippen LogP contribution in [0.2, 0.25) is 0 Å². The van der Waals surface area contributed by atoms with Crippen molar-refractivity contribution < 1.29 is 19.0 Å². The summed E-state index contributed by atoms with van der Waals surface area (Å²) in [6, 6.07) is 14.5. The lowest BCUT2D eigenvalue weighted by Gasteiger charge is -2.10. The molecule has 0 aliphatic carbocycles. The molecule has 0 atom stereocenters. The minimum absolute atomic E-state index is 0.178. The molecule has 0 N–H and O–H groups in total. The first-order valence-electron chi connectivity index (χ1n) is 6.78. The Morgan fingerprint density at radius 2 is 1.81 bits per heavy atom. The molecule has 0 fully saturated rings. The molecule has 0 unspecified atom stereocenters. The van der Waals surface area contributed by atoms with E-state index in [1.54, 1.807) is 25.3 Å². The average Bonchev–Trinajstić information content (AvgIpc) is 2.49. The highest BCUT2D eigenvalue weighted by molar-refractivity contribution is 5.76. The number of hydrogen-bond acceptors (Lipinski definition) is 4. The summed E-state index contributed by atoms with van der Waals surface area (Å²) in [6.45, 7) is 2.40. The number of carbonyl (C=O) groups excluding carboxylic acids is 1. The number of ether oxygens (including phenoxy) is 3. The third-order valence-corrected chi connectivity index (χ3v) is 2.86. The van der Waals surface area contributed by atoms with Crippen molar-refractivity contribution in [2.45, 2.75) is 13.3 Å². The molecule has 21 heavy (non-hydrogen) atoms. The van der Waals surface area contributed by atoms with E-state index < -0.39 is 0 Å². The summed E-state index contributed by atoms with van der Waals surface area (Å²) in [7, 11) is 1.59. The molecule has 4 nitrogen and oxygen atoms in total. The van der Waals surface area contributed by atoms with E-state index in [0.29, 0.717) is 18.1 Å². The van der Waals surface area contributed by atoms with Crippen LogP contribution in [0, 0.1) is 0 Å². The van der Waals surface area contributed by atoms with Crippen LogP contribution in [0.1, 0.15) is 12.5 Å². The fourth-order valence-electron chi connectivity index (χ4n) is 1.92. The third kappa shape index (κ3) is 4.24. The second-order valence-corrected chi connectivity index (χ2v) is 4.38. The standard InChI is InChI=1S/C17H18O4/c1-3-20-15-9-4-5-10-16(15)21-17(18)12-13-7-6-8-14(11-13)19-2/h4-11H,3,12H2,1-2H3. The molecular formula is C17H18O4. The maximum absolute atomic E-state index is 12.0. The Hall–Kier alpha value is -2.49. The summed E-state index contributed by atoms with van der Waals surface area (Å²) in [5.41, 5.74) is 0.841. The van der Waals surface area contributed by atoms with Gasteiger partial charge in [-0.25, -0.2) is 0 Å². The van der Waals surface area contributed by atoms with Crippen LogP contribution < -0.4 is 14.2 Å². The number of carbonyl (C=O) groups is 1. The molecule has 0 aromatic heterocycles. The van der Waals surface area contributed by atoms with Gasteiger partial charge in [0.15, 0.2) is 11.5 Å². The van der Waals surface area contributed by atoms with Crippen molar-refractivity contribution in [1.82, 2.24) is 0 Å². The molecule has 0 amide bonds. The first kappa shape index (κ1) is 14.9. The summed E-state index contributed by atoms with van der Waals surface area (Å²) < 4.78 is 15.9. The monoisotopic (exact) mass is 286 g/mol. The highest BCUT2D eigenvalue weighted by Gasteiger charge is 2.11. The maximum Gasteiger partial charge on any atom is 0.315 e. The molecule has 0 heterocycles. The first-order valence-corrected chi connectivity index (χ1v) is 6.78. The van der Waals surface area contributed by atoms with Crippen LogP contribution in [0.3, 0.4) is 0 Å². The lowest BCUT2D eigenvalue weighted by Crippen LogP contribution is -2.12. The fourth-order valence-corrected chi connectivity index (χ4v) is 1.92. The number of esters is 1. The molecular weight excluding hydrogens is 268 g/mol. The van der Waals surface area contributed by atoms with Gasteiger partial charge in [-0.2, -0.15) is 0 Å². The van der Waals surface area contributed by atoms with E-state index in [1.165, 1.54) is 0 Å².